The number of H-pyrrole nitrogens is 1. The molecule has 1 fully saturated rings. The van der Waals surface area contributed by atoms with E-state index in [1.54, 1.807) is 36.5 Å². The van der Waals surface area contributed by atoms with Gasteiger partial charge in [-0.25, -0.2) is 0 Å². The number of nitrogens with one attached hydrogen (secondary N) is 9. The van der Waals surface area contributed by atoms with Crippen LogP contribution in [0.3, 0.4) is 0 Å². The number of aromatic amines is 1. The monoisotopic (exact) mass is 894 g/mol. The normalized spacial score (nSPS) is 21.0. The molecule has 3 aromatic carbocycles. The summed E-state index contributed by atoms with van der Waals surface area (Å²) in [5.74, 6) is -6.98. The predicted octanol–water partition coefficient (Wildman–Crippen LogP) is -1.25. The zero-order chi connectivity index (χ0) is 46.9. The summed E-state index contributed by atoms with van der Waals surface area (Å²) >= 11 is 0. The SMILES string of the molecule is CC(=O)NCC(=O)NC1CC(=O)NCCCCC(C(N)=O)NC(=O)[C@H](Cc2c[nH]c3ccccc23)NC(=O)CNC(=O)C(Cc2ccccc2)NC(=O)[C@H](Cc2ccc(O)cc2)NC1=O. The number of para-hydroxylation sites is 1. The molecule has 0 bridgehead atoms. The molecule has 0 spiro atoms. The van der Waals surface area contributed by atoms with Crippen molar-refractivity contribution in [1.29, 1.82) is 0 Å². The smallest absolute Gasteiger partial charge is 0.243 e. The first-order valence-corrected chi connectivity index (χ1v) is 21.1. The van der Waals surface area contributed by atoms with Gasteiger partial charge in [-0.1, -0.05) is 60.7 Å². The molecule has 0 radical (unpaired) electrons. The first-order valence-electron chi connectivity index (χ1n) is 21.1. The summed E-state index contributed by atoms with van der Waals surface area (Å²) < 4.78 is 0. The largest absolute Gasteiger partial charge is 0.508 e. The Hall–Kier alpha value is -7.77. The topological polar surface area (TPSA) is 312 Å². The molecule has 0 aliphatic carbocycles. The fourth-order valence-corrected chi connectivity index (χ4v) is 7.12. The molecule has 12 N–H and O–H groups in total. The zero-order valence-electron chi connectivity index (χ0n) is 35.7. The molecule has 3 unspecified atom stereocenters. The maximum Gasteiger partial charge on any atom is 0.243 e. The molecule has 1 saturated heterocycles. The molecule has 1 aliphatic heterocycles. The molecule has 4 aromatic rings. The van der Waals surface area contributed by atoms with Gasteiger partial charge in [-0.05, 0) is 54.2 Å². The summed E-state index contributed by atoms with van der Waals surface area (Å²) in [5.41, 5.74) is 8.27. The number of carbonyl (C=O) groups is 9. The molecule has 5 atom stereocenters. The van der Waals surface area contributed by atoms with Crippen LogP contribution in [-0.4, -0.2) is 113 Å². The summed E-state index contributed by atoms with van der Waals surface area (Å²) in [7, 11) is 0. The Morgan fingerprint density at radius 2 is 1.32 bits per heavy atom. The fourth-order valence-electron chi connectivity index (χ4n) is 7.12. The van der Waals surface area contributed by atoms with Crippen LogP contribution in [0.1, 0.15) is 49.3 Å². The van der Waals surface area contributed by atoms with Gasteiger partial charge in [0.15, 0.2) is 0 Å². The Kier molecular flexibility index (Phi) is 17.5. The Morgan fingerprint density at radius 1 is 0.692 bits per heavy atom. The van der Waals surface area contributed by atoms with E-state index in [2.05, 4.69) is 47.5 Å². The number of rotatable bonds is 10. The van der Waals surface area contributed by atoms with Gasteiger partial charge >= 0.3 is 0 Å². The third-order valence-electron chi connectivity index (χ3n) is 10.5. The highest BCUT2D eigenvalue weighted by Gasteiger charge is 2.32. The Balaban J connectivity index is 1.46. The quantitative estimate of drug-likeness (QED) is 0.0900. The highest BCUT2D eigenvalue weighted by Crippen LogP contribution is 2.20. The van der Waals surface area contributed by atoms with Crippen LogP contribution in [0.15, 0.2) is 85.1 Å². The maximum atomic E-state index is 14.3. The molecular weight excluding hydrogens is 841 g/mol. The molecule has 5 rings (SSSR count). The lowest BCUT2D eigenvalue weighted by molar-refractivity contribution is -0.135. The number of fused-ring (bicyclic) bond motifs is 1. The van der Waals surface area contributed by atoms with E-state index in [0.717, 1.165) is 10.9 Å². The third kappa shape index (κ3) is 15.2. The average Bonchev–Trinajstić information content (AvgIpc) is 3.69. The summed E-state index contributed by atoms with van der Waals surface area (Å²) in [5, 5.41) is 31.2. The lowest BCUT2D eigenvalue weighted by Crippen LogP contribution is -2.59. The Morgan fingerprint density at radius 3 is 2.03 bits per heavy atom. The number of primary amides is 1. The molecule has 1 aromatic heterocycles. The number of carbonyl (C=O) groups excluding carboxylic acids is 9. The highest BCUT2D eigenvalue weighted by molar-refractivity contribution is 5.98. The average molecular weight is 895 g/mol. The van der Waals surface area contributed by atoms with Crippen LogP contribution in [0.25, 0.3) is 10.9 Å². The van der Waals surface area contributed by atoms with Crippen molar-refractivity contribution in [3.63, 3.8) is 0 Å². The minimum Gasteiger partial charge on any atom is -0.508 e. The van der Waals surface area contributed by atoms with Crippen molar-refractivity contribution in [3.8, 4) is 5.75 Å². The summed E-state index contributed by atoms with van der Waals surface area (Å²) in [6, 6.07) is 15.1. The van der Waals surface area contributed by atoms with E-state index in [1.165, 1.54) is 31.2 Å². The zero-order valence-corrected chi connectivity index (χ0v) is 35.7. The van der Waals surface area contributed by atoms with Crippen LogP contribution in [0.2, 0.25) is 0 Å². The number of benzene rings is 3. The van der Waals surface area contributed by atoms with E-state index in [0.29, 0.717) is 23.1 Å². The molecule has 65 heavy (non-hydrogen) atoms. The minimum absolute atomic E-state index is 0.0113. The summed E-state index contributed by atoms with van der Waals surface area (Å²) in [6.07, 6.45) is 1.50. The van der Waals surface area contributed by atoms with Crippen molar-refractivity contribution >= 4 is 64.1 Å². The van der Waals surface area contributed by atoms with Crippen molar-refractivity contribution in [2.24, 2.45) is 5.73 Å². The van der Waals surface area contributed by atoms with Gasteiger partial charge in [0.25, 0.3) is 0 Å². The van der Waals surface area contributed by atoms with Crippen molar-refractivity contribution < 1.29 is 48.3 Å². The lowest BCUT2D eigenvalue weighted by Gasteiger charge is -2.26. The highest BCUT2D eigenvalue weighted by atomic mass is 16.3. The molecule has 2 heterocycles. The molecular formula is C45H54N10O10. The van der Waals surface area contributed by atoms with E-state index >= 15 is 0 Å². The Labute approximate surface area is 374 Å². The van der Waals surface area contributed by atoms with Crippen molar-refractivity contribution in [3.05, 3.63) is 102 Å². The van der Waals surface area contributed by atoms with Gasteiger partial charge in [-0.2, -0.15) is 0 Å². The van der Waals surface area contributed by atoms with E-state index in [-0.39, 0.29) is 44.4 Å². The van der Waals surface area contributed by atoms with Crippen LogP contribution in [0.4, 0.5) is 0 Å². The van der Waals surface area contributed by atoms with Crippen molar-refractivity contribution in [2.75, 3.05) is 19.6 Å². The number of nitrogens with two attached hydrogens (primary N) is 1. The van der Waals surface area contributed by atoms with Crippen LogP contribution in [0, 0.1) is 0 Å². The molecule has 1 aliphatic rings. The number of hydrogen-bond donors (Lipinski definition) is 11. The second-order valence-electron chi connectivity index (χ2n) is 15.6. The number of hydrogen-bond acceptors (Lipinski definition) is 10. The summed E-state index contributed by atoms with van der Waals surface area (Å²) in [6.45, 7) is 0.0918. The molecule has 20 heteroatoms. The molecule has 0 saturated carbocycles. The van der Waals surface area contributed by atoms with Crippen LogP contribution in [0.5, 0.6) is 5.75 Å². The van der Waals surface area contributed by atoms with Crippen LogP contribution >= 0.6 is 0 Å². The van der Waals surface area contributed by atoms with Crippen molar-refractivity contribution in [1.82, 2.24) is 47.5 Å². The van der Waals surface area contributed by atoms with Gasteiger partial charge in [0, 0.05) is 49.8 Å². The number of aromatic hydroxyl groups is 1. The van der Waals surface area contributed by atoms with Crippen molar-refractivity contribution in [2.45, 2.75) is 82.1 Å². The number of phenolic OH excluding ortho intramolecular Hbond substituents is 1. The van der Waals surface area contributed by atoms with E-state index < -0.39 is 103 Å². The fraction of sp³-hybridized carbons (Fsp3) is 0.356. The standard InChI is InChI=1S/C45H54N10O10/c1-26(56)48-24-39(59)52-37-22-38(58)47-18-8-7-13-33(41(46)61)53-44(64)36(21-29-23-49-32-12-6-5-11-31(29)32)51-40(60)25-50-42(62)34(19-27-9-3-2-4-10-27)54-43(63)35(55-45(37)65)20-28-14-16-30(57)17-15-28/h2-6,9-12,14-17,23,33-37,49,57H,7-8,13,18-22,24-25H2,1H3,(H2,46,61)(H,47,58)(H,48,56)(H,50,62)(H,51,60)(H,52,59)(H,53,64)(H,54,63)(H,55,65)/t33?,34?,35-,36-,37?/m0/s1. The molecule has 20 nitrogen and oxygen atoms in total. The number of amides is 9. The van der Waals surface area contributed by atoms with Gasteiger partial charge in [0.1, 0.15) is 36.0 Å². The lowest BCUT2D eigenvalue weighted by atomic mass is 10.0. The summed E-state index contributed by atoms with van der Waals surface area (Å²) in [4.78, 5) is 123. The number of aromatic nitrogens is 1. The predicted molar refractivity (Wildman–Crippen MR) is 236 cm³/mol. The van der Waals surface area contributed by atoms with E-state index in [1.807, 2.05) is 24.3 Å². The first-order chi connectivity index (χ1) is 31.1. The second-order valence-corrected chi connectivity index (χ2v) is 15.6. The molecule has 344 valence electrons. The van der Waals surface area contributed by atoms with Gasteiger partial charge in [0.05, 0.1) is 19.5 Å². The van der Waals surface area contributed by atoms with Crippen LogP contribution < -0.4 is 48.3 Å². The van der Waals surface area contributed by atoms with Crippen LogP contribution in [-0.2, 0) is 62.4 Å². The first kappa shape index (κ1) is 48.3. The second kappa shape index (κ2) is 23.6. The Bertz CT molecular complexity index is 2350. The van der Waals surface area contributed by atoms with Gasteiger partial charge in [-0.15, -0.1) is 0 Å². The third-order valence-corrected chi connectivity index (χ3v) is 10.5. The van der Waals surface area contributed by atoms with Gasteiger partial charge < -0.3 is 58.4 Å². The molecule has 9 amide bonds. The van der Waals surface area contributed by atoms with Gasteiger partial charge in [0.2, 0.25) is 53.2 Å². The number of phenols is 1. The van der Waals surface area contributed by atoms with Gasteiger partial charge in [-0.3, -0.25) is 43.2 Å². The van der Waals surface area contributed by atoms with E-state index in [4.69, 9.17) is 5.73 Å². The van der Waals surface area contributed by atoms with E-state index in [9.17, 15) is 48.3 Å². The minimum atomic E-state index is -1.55. The maximum absolute atomic E-state index is 14.3.